The molecule has 0 radical (unpaired) electrons. The van der Waals surface area contributed by atoms with Crippen molar-refractivity contribution in [3.63, 3.8) is 0 Å². The van der Waals surface area contributed by atoms with E-state index >= 15 is 0 Å². The Kier molecular flexibility index (Phi) is 1.22. The molecule has 0 aliphatic heterocycles. The number of hydrogen-bond donors (Lipinski definition) is 1. The maximum absolute atomic E-state index is 11.0. The quantitative estimate of drug-likeness (QED) is 0.650. The van der Waals surface area contributed by atoms with E-state index in [1.54, 1.807) is 0 Å². The molecule has 0 bridgehead atoms. The smallest absolute Gasteiger partial charge is 0.217 e. The third-order valence-corrected chi connectivity index (χ3v) is 0.751. The van der Waals surface area contributed by atoms with E-state index < -0.39 is 31.1 Å². The Bertz CT molecular complexity index is 299. The molecular weight excluding hydrogens is 126 g/mol. The second kappa shape index (κ2) is 4.31. The van der Waals surface area contributed by atoms with Gasteiger partial charge in [-0.05, 0) is 19.2 Å². The molecule has 60 valence electrons. The minimum Gasteiger partial charge on any atom is -0.354 e. The van der Waals surface area contributed by atoms with Gasteiger partial charge in [0.2, 0.25) is 5.91 Å². The van der Waals surface area contributed by atoms with Crippen molar-refractivity contribution in [3.05, 3.63) is 0 Å². The van der Waals surface area contributed by atoms with Gasteiger partial charge in [-0.3, -0.25) is 4.79 Å². The van der Waals surface area contributed by atoms with Gasteiger partial charge in [0, 0.05) is 19.8 Å². The van der Waals surface area contributed by atoms with E-state index in [0.717, 1.165) is 20.8 Å². The van der Waals surface area contributed by atoms with Gasteiger partial charge in [-0.15, -0.1) is 0 Å². The predicted molar refractivity (Wildman–Crippen MR) is 42.7 cm³/mol. The molecule has 2 heteroatoms. The van der Waals surface area contributed by atoms with Crippen molar-refractivity contribution in [1.82, 2.24) is 5.31 Å². The van der Waals surface area contributed by atoms with Crippen LogP contribution in [-0.2, 0) is 4.79 Å². The molecular formula is C8H17NO. The lowest BCUT2D eigenvalue weighted by Crippen LogP contribution is -2.31. The highest BCUT2D eigenvalue weighted by atomic mass is 16.1. The van der Waals surface area contributed by atoms with Crippen LogP contribution in [-0.4, -0.2) is 11.9 Å². The number of rotatable bonds is 3. The molecule has 0 spiro atoms. The molecule has 0 saturated heterocycles. The Morgan fingerprint density at radius 2 is 2.60 bits per heavy atom. The summed E-state index contributed by atoms with van der Waals surface area (Å²) in [6.45, 7) is 0.594. The Morgan fingerprint density at radius 1 is 2.00 bits per heavy atom. The summed E-state index contributed by atoms with van der Waals surface area (Å²) in [5, 5.41) is 0.162. The Hall–Kier alpha value is -0.530. The molecule has 1 amide bonds. The Balaban J connectivity index is 5.37. The molecule has 0 saturated carbocycles. The van der Waals surface area contributed by atoms with Crippen LogP contribution in [0.3, 0.4) is 0 Å². The highest BCUT2D eigenvalue weighted by Gasteiger charge is 2.04. The lowest BCUT2D eigenvalue weighted by molar-refractivity contribution is -0.119. The average molecular weight is 150 g/mol. The Labute approximate surface area is 72.9 Å². The molecule has 10 heavy (non-hydrogen) atoms. The summed E-state index contributed by atoms with van der Waals surface area (Å²) < 4.78 is 52.1. The number of nitrogens with one attached hydrogen (secondary N) is 1. The summed E-state index contributed by atoms with van der Waals surface area (Å²) in [6.07, 6.45) is -2.54. The molecule has 0 aromatic rings. The van der Waals surface area contributed by atoms with E-state index in [0.29, 0.717) is 0 Å². The highest BCUT2D eigenvalue weighted by Crippen LogP contribution is 2.02. The van der Waals surface area contributed by atoms with Crippen molar-refractivity contribution in [2.75, 3.05) is 0 Å². The lowest BCUT2D eigenvalue weighted by Gasteiger charge is -2.13. The molecule has 0 heterocycles. The van der Waals surface area contributed by atoms with Crippen molar-refractivity contribution >= 4 is 5.91 Å². The fourth-order valence-corrected chi connectivity index (χ4v) is 0.582. The van der Waals surface area contributed by atoms with Crippen LogP contribution < -0.4 is 5.31 Å². The average Bonchev–Trinajstić information content (AvgIpc) is 2.13. The number of carbonyl (C=O) groups excluding carboxylic acids is 1. The van der Waals surface area contributed by atoms with E-state index in [1.165, 1.54) is 0 Å². The van der Waals surface area contributed by atoms with E-state index in [9.17, 15) is 4.79 Å². The summed E-state index contributed by atoms with van der Waals surface area (Å²) in [6, 6.07) is -2.27. The zero-order valence-electron chi connectivity index (χ0n) is 13.4. The number of hydrogen-bond acceptors (Lipinski definition) is 1. The molecule has 0 aromatic carbocycles. The van der Waals surface area contributed by atoms with Gasteiger partial charge < -0.3 is 5.31 Å². The van der Waals surface area contributed by atoms with Crippen LogP contribution in [0.15, 0.2) is 0 Å². The monoisotopic (exact) mass is 150 g/mol. The van der Waals surface area contributed by atoms with Gasteiger partial charge in [0.1, 0.15) is 0 Å². The molecule has 0 aromatic heterocycles. The largest absolute Gasteiger partial charge is 0.354 e. The van der Waals surface area contributed by atoms with Gasteiger partial charge in [-0.2, -0.15) is 0 Å². The van der Waals surface area contributed by atoms with Crippen molar-refractivity contribution in [3.8, 4) is 0 Å². The van der Waals surface area contributed by atoms with Crippen LogP contribution in [0.5, 0.6) is 0 Å². The number of carbonyl (C=O) groups is 1. The minimum absolute atomic E-state index is 0.162. The normalized spacial score (nSPS) is 32.1. The van der Waals surface area contributed by atoms with Crippen molar-refractivity contribution in [2.45, 2.75) is 40.0 Å². The SMILES string of the molecule is [2H]N(C(C)=O)C([2H])(C)C([2H])([2H])C(C)C([2H])([2H])[2H]. The third kappa shape index (κ3) is 5.60. The van der Waals surface area contributed by atoms with Crippen LogP contribution in [0.2, 0.25) is 1.41 Å². The first-order chi connectivity index (χ1) is 7.26. The van der Waals surface area contributed by atoms with Crippen LogP contribution in [0.4, 0.5) is 0 Å². The zero-order valence-corrected chi connectivity index (χ0v) is 6.43. The first-order valence-electron chi connectivity index (χ1n) is 6.50. The molecule has 2 atom stereocenters. The van der Waals surface area contributed by atoms with Gasteiger partial charge in [0.25, 0.3) is 0 Å². The second-order valence-electron chi connectivity index (χ2n) is 2.08. The summed E-state index contributed by atoms with van der Waals surface area (Å²) in [4.78, 5) is 11.0. The molecule has 0 rings (SSSR count). The molecule has 0 aliphatic rings. The summed E-state index contributed by atoms with van der Waals surface area (Å²) in [7, 11) is 0. The number of amides is 1. The summed E-state index contributed by atoms with van der Waals surface area (Å²) in [5.41, 5.74) is 0. The topological polar surface area (TPSA) is 29.1 Å². The van der Waals surface area contributed by atoms with Gasteiger partial charge in [0.05, 0.1) is 1.37 Å². The van der Waals surface area contributed by atoms with Crippen molar-refractivity contribution in [2.24, 2.45) is 5.92 Å². The minimum atomic E-state index is -2.59. The zero-order chi connectivity index (χ0) is 14.2. The molecule has 0 aliphatic carbocycles. The molecule has 0 fully saturated rings. The van der Waals surface area contributed by atoms with Gasteiger partial charge >= 0.3 is 0 Å². The maximum Gasteiger partial charge on any atom is 0.217 e. The molecule has 2 nitrogen and oxygen atoms in total. The predicted octanol–water partition coefficient (Wildman–Crippen LogP) is 1.56. The van der Waals surface area contributed by atoms with E-state index in [1.807, 2.05) is 0 Å². The first kappa shape index (κ1) is 2.84. The Morgan fingerprint density at radius 3 is 3.00 bits per heavy atom. The van der Waals surface area contributed by atoms with Crippen LogP contribution in [0, 0.1) is 5.92 Å². The maximum atomic E-state index is 11.0. The van der Waals surface area contributed by atoms with Gasteiger partial charge in [-0.1, -0.05) is 13.8 Å². The summed E-state index contributed by atoms with van der Waals surface area (Å²) >= 11 is 0. The highest BCUT2D eigenvalue weighted by molar-refractivity contribution is 5.73. The van der Waals surface area contributed by atoms with Crippen molar-refractivity contribution in [1.29, 1.82) is 0 Å². The third-order valence-electron chi connectivity index (χ3n) is 0.751. The lowest BCUT2D eigenvalue weighted by atomic mass is 10.1. The van der Waals surface area contributed by atoms with Crippen LogP contribution in [0.1, 0.15) is 42.2 Å². The van der Waals surface area contributed by atoms with E-state index in [-0.39, 0.29) is 5.31 Å². The second-order valence-corrected chi connectivity index (χ2v) is 2.08. The molecule has 1 N–H and O–H groups in total. The fraction of sp³-hybridized carbons (Fsp3) is 0.875. The summed E-state index contributed by atoms with van der Waals surface area (Å²) in [5.74, 6) is -2.28. The van der Waals surface area contributed by atoms with E-state index in [2.05, 4.69) is 0 Å². The van der Waals surface area contributed by atoms with E-state index in [4.69, 9.17) is 9.64 Å². The van der Waals surface area contributed by atoms with Gasteiger partial charge in [0.15, 0.2) is 1.41 Å². The standard InChI is InChI=1S/C8H17NO/c1-6(2)5-7(3)9-8(4)10/h6-7H,5H2,1-4H3,(H,9,10)/i1D3,5D2,7D/hD. The van der Waals surface area contributed by atoms with Crippen LogP contribution >= 0.6 is 0 Å². The van der Waals surface area contributed by atoms with Gasteiger partial charge in [-0.25, -0.2) is 0 Å². The molecule has 2 unspecified atom stereocenters. The first-order valence-corrected chi connectivity index (χ1v) is 3.06. The van der Waals surface area contributed by atoms with Crippen LogP contribution in [0.25, 0.3) is 0 Å². The van der Waals surface area contributed by atoms with Crippen molar-refractivity contribution < 1.29 is 14.4 Å². The fourth-order valence-electron chi connectivity index (χ4n) is 0.582.